The summed E-state index contributed by atoms with van der Waals surface area (Å²) in [4.78, 5) is 13.0. The van der Waals surface area contributed by atoms with Gasteiger partial charge in [-0.05, 0) is 36.2 Å². The molecule has 0 radical (unpaired) electrons. The Balaban J connectivity index is 2.24. The lowest BCUT2D eigenvalue weighted by Gasteiger charge is -2.33. The van der Waals surface area contributed by atoms with Crippen molar-refractivity contribution >= 4 is 17.2 Å². The molecule has 0 aromatic carbocycles. The maximum Gasteiger partial charge on any atom is 0.266 e. The Kier molecular flexibility index (Phi) is 3.27. The number of nitrogens with two attached hydrogens (primary N) is 1. The van der Waals surface area contributed by atoms with Gasteiger partial charge in [-0.15, -0.1) is 11.3 Å². The Morgan fingerprint density at radius 1 is 1.53 bits per heavy atom. The lowest BCUT2D eigenvalue weighted by molar-refractivity contribution is 0.0952. The van der Waals surface area contributed by atoms with Crippen molar-refractivity contribution in [3.05, 3.63) is 21.4 Å². The molecule has 0 spiro atoms. The van der Waals surface area contributed by atoms with Crippen molar-refractivity contribution in [3.63, 3.8) is 0 Å². The van der Waals surface area contributed by atoms with E-state index < -0.39 is 0 Å². The van der Waals surface area contributed by atoms with Crippen molar-refractivity contribution in [2.45, 2.75) is 40.0 Å². The van der Waals surface area contributed by atoms with E-state index in [-0.39, 0.29) is 5.91 Å². The molecule has 1 heterocycles. The van der Waals surface area contributed by atoms with Crippen molar-refractivity contribution in [3.8, 4) is 0 Å². The molecule has 0 saturated heterocycles. The van der Waals surface area contributed by atoms with Gasteiger partial charge < -0.3 is 0 Å². The Hall–Kier alpha value is -0.870. The SMILES string of the molecule is CC(C)(C)[C@H]1CCc2c(C(=O)NN)csc2C1. The molecule has 2 rings (SSSR count). The molecule has 3 nitrogen and oxygen atoms in total. The predicted molar refractivity (Wildman–Crippen MR) is 70.9 cm³/mol. The van der Waals surface area contributed by atoms with Gasteiger partial charge in [0.25, 0.3) is 5.91 Å². The molecule has 1 atom stereocenters. The molecule has 1 aromatic rings. The molecule has 3 N–H and O–H groups in total. The van der Waals surface area contributed by atoms with Crippen LogP contribution in [0.25, 0.3) is 0 Å². The van der Waals surface area contributed by atoms with Crippen LogP contribution in [0.15, 0.2) is 5.38 Å². The number of hydrogen-bond acceptors (Lipinski definition) is 3. The third-order valence-corrected chi connectivity index (χ3v) is 4.81. The average molecular weight is 252 g/mol. The van der Waals surface area contributed by atoms with Crippen LogP contribution in [0.5, 0.6) is 0 Å². The molecule has 1 amide bonds. The summed E-state index contributed by atoms with van der Waals surface area (Å²) < 4.78 is 0. The number of rotatable bonds is 1. The van der Waals surface area contributed by atoms with Gasteiger partial charge in [-0.25, -0.2) is 5.84 Å². The summed E-state index contributed by atoms with van der Waals surface area (Å²) in [5, 5.41) is 1.94. The van der Waals surface area contributed by atoms with E-state index >= 15 is 0 Å². The summed E-state index contributed by atoms with van der Waals surface area (Å²) in [6.45, 7) is 6.89. The van der Waals surface area contributed by atoms with Crippen LogP contribution in [-0.4, -0.2) is 5.91 Å². The van der Waals surface area contributed by atoms with Crippen LogP contribution in [0.3, 0.4) is 0 Å². The number of hydrogen-bond donors (Lipinski definition) is 2. The first-order valence-electron chi connectivity index (χ1n) is 6.03. The quantitative estimate of drug-likeness (QED) is 0.458. The van der Waals surface area contributed by atoms with Crippen LogP contribution >= 0.6 is 11.3 Å². The minimum absolute atomic E-state index is 0.156. The minimum Gasteiger partial charge on any atom is -0.290 e. The summed E-state index contributed by atoms with van der Waals surface area (Å²) in [6, 6.07) is 0. The van der Waals surface area contributed by atoms with Gasteiger partial charge in [0.05, 0.1) is 5.56 Å². The zero-order valence-corrected chi connectivity index (χ0v) is 11.5. The fraction of sp³-hybridized carbons (Fsp3) is 0.615. The summed E-state index contributed by atoms with van der Waals surface area (Å²) in [5.41, 5.74) is 4.57. The van der Waals surface area contributed by atoms with Crippen LogP contribution in [0.2, 0.25) is 0 Å². The third kappa shape index (κ3) is 2.38. The minimum atomic E-state index is -0.156. The molecule has 0 aliphatic heterocycles. The van der Waals surface area contributed by atoms with Crippen molar-refractivity contribution in [1.29, 1.82) is 0 Å². The molecule has 0 saturated carbocycles. The van der Waals surface area contributed by atoms with Gasteiger partial charge in [-0.3, -0.25) is 10.2 Å². The van der Waals surface area contributed by atoms with Crippen LogP contribution in [0, 0.1) is 11.3 Å². The monoisotopic (exact) mass is 252 g/mol. The molecule has 0 unspecified atom stereocenters. The second-order valence-corrected chi connectivity index (χ2v) is 6.79. The lowest BCUT2D eigenvalue weighted by atomic mass is 9.72. The normalized spacial score (nSPS) is 19.9. The fourth-order valence-corrected chi connectivity index (χ4v) is 3.68. The van der Waals surface area contributed by atoms with Gasteiger partial charge in [0.15, 0.2) is 0 Å². The van der Waals surface area contributed by atoms with Crippen molar-refractivity contribution in [1.82, 2.24) is 5.43 Å². The fourth-order valence-electron chi connectivity index (χ4n) is 2.52. The zero-order valence-electron chi connectivity index (χ0n) is 10.7. The van der Waals surface area contributed by atoms with E-state index in [1.165, 1.54) is 10.4 Å². The number of nitrogen functional groups attached to an aromatic ring is 1. The van der Waals surface area contributed by atoms with Crippen molar-refractivity contribution < 1.29 is 4.79 Å². The molecule has 1 aliphatic carbocycles. The van der Waals surface area contributed by atoms with Crippen LogP contribution in [0.1, 0.15) is 48.0 Å². The summed E-state index contributed by atoms with van der Waals surface area (Å²) in [7, 11) is 0. The molecule has 1 aliphatic rings. The number of carbonyl (C=O) groups excluding carboxylic acids is 1. The third-order valence-electron chi connectivity index (χ3n) is 3.76. The molecule has 0 fully saturated rings. The number of fused-ring (bicyclic) bond motifs is 1. The highest BCUT2D eigenvalue weighted by molar-refractivity contribution is 7.10. The van der Waals surface area contributed by atoms with E-state index in [2.05, 4.69) is 26.2 Å². The Labute approximate surface area is 106 Å². The van der Waals surface area contributed by atoms with E-state index in [1.807, 2.05) is 5.38 Å². The summed E-state index contributed by atoms with van der Waals surface area (Å²) in [6.07, 6.45) is 3.27. The van der Waals surface area contributed by atoms with Crippen molar-refractivity contribution in [2.75, 3.05) is 0 Å². The number of thiophene rings is 1. The number of amides is 1. The van der Waals surface area contributed by atoms with Gasteiger partial charge in [0.1, 0.15) is 0 Å². The maximum atomic E-state index is 11.6. The summed E-state index contributed by atoms with van der Waals surface area (Å²) in [5.74, 6) is 5.75. The topological polar surface area (TPSA) is 55.1 Å². The van der Waals surface area contributed by atoms with Gasteiger partial charge in [-0.1, -0.05) is 20.8 Å². The highest BCUT2D eigenvalue weighted by Gasteiger charge is 2.31. The standard InChI is InChI=1S/C13H20N2OS/c1-13(2,3)8-4-5-9-10(12(16)15-14)7-17-11(9)6-8/h7-8H,4-6,14H2,1-3H3,(H,15,16)/t8-/m0/s1. The largest absolute Gasteiger partial charge is 0.290 e. The highest BCUT2D eigenvalue weighted by atomic mass is 32.1. The molecular weight excluding hydrogens is 232 g/mol. The van der Waals surface area contributed by atoms with Crippen LogP contribution in [-0.2, 0) is 12.8 Å². The molecule has 4 heteroatoms. The molecular formula is C13H20N2OS. The first kappa shape index (κ1) is 12.6. The molecule has 1 aromatic heterocycles. The number of carbonyl (C=O) groups is 1. The second kappa shape index (κ2) is 4.42. The Morgan fingerprint density at radius 2 is 2.24 bits per heavy atom. The van der Waals surface area contributed by atoms with Crippen LogP contribution < -0.4 is 11.3 Å². The first-order valence-corrected chi connectivity index (χ1v) is 6.91. The smallest absolute Gasteiger partial charge is 0.266 e. The Morgan fingerprint density at radius 3 is 2.82 bits per heavy atom. The second-order valence-electron chi connectivity index (χ2n) is 5.83. The average Bonchev–Trinajstić information content (AvgIpc) is 2.69. The van der Waals surface area contributed by atoms with E-state index in [9.17, 15) is 4.79 Å². The van der Waals surface area contributed by atoms with E-state index in [4.69, 9.17) is 5.84 Å². The maximum absolute atomic E-state index is 11.6. The van der Waals surface area contributed by atoms with Gasteiger partial charge in [0, 0.05) is 10.3 Å². The zero-order chi connectivity index (χ0) is 12.6. The summed E-state index contributed by atoms with van der Waals surface area (Å²) >= 11 is 1.70. The molecule has 17 heavy (non-hydrogen) atoms. The van der Waals surface area contributed by atoms with E-state index in [1.54, 1.807) is 11.3 Å². The van der Waals surface area contributed by atoms with Crippen LogP contribution in [0.4, 0.5) is 0 Å². The van der Waals surface area contributed by atoms with Gasteiger partial charge in [-0.2, -0.15) is 0 Å². The number of hydrazine groups is 1. The molecule has 0 bridgehead atoms. The predicted octanol–water partition coefficient (Wildman–Crippen LogP) is 2.50. The molecule has 94 valence electrons. The van der Waals surface area contributed by atoms with Gasteiger partial charge in [0.2, 0.25) is 0 Å². The Bertz CT molecular complexity index is 431. The highest BCUT2D eigenvalue weighted by Crippen LogP contribution is 2.40. The van der Waals surface area contributed by atoms with Gasteiger partial charge >= 0.3 is 0 Å². The lowest BCUT2D eigenvalue weighted by Crippen LogP contribution is -2.31. The first-order chi connectivity index (χ1) is 7.93. The van der Waals surface area contributed by atoms with E-state index in [0.29, 0.717) is 11.3 Å². The van der Waals surface area contributed by atoms with Crippen molar-refractivity contribution in [2.24, 2.45) is 17.2 Å². The number of nitrogens with one attached hydrogen (secondary N) is 1. The van der Waals surface area contributed by atoms with E-state index in [0.717, 1.165) is 24.8 Å².